The molecule has 3 N–H and O–H groups in total. The molecule has 1 atom stereocenters. The molecule has 1 aromatic rings. The van der Waals surface area contributed by atoms with Crippen LogP contribution in [0.1, 0.15) is 26.2 Å². The summed E-state index contributed by atoms with van der Waals surface area (Å²) in [5.41, 5.74) is 0.695. The van der Waals surface area contributed by atoms with Gasteiger partial charge in [0.1, 0.15) is 12.6 Å². The van der Waals surface area contributed by atoms with Gasteiger partial charge in [0.25, 0.3) is 0 Å². The Bertz CT molecular complexity index is 456. The number of para-hydroxylation sites is 1. The van der Waals surface area contributed by atoms with Crippen LogP contribution in [0.2, 0.25) is 0 Å². The van der Waals surface area contributed by atoms with E-state index in [1.807, 2.05) is 25.1 Å². The van der Waals surface area contributed by atoms with Crippen LogP contribution in [0.15, 0.2) is 30.3 Å². The first kappa shape index (κ1) is 17.3. The number of anilines is 1. The smallest absolute Gasteiger partial charge is 0.347 e. The van der Waals surface area contributed by atoms with Gasteiger partial charge in [-0.05, 0) is 18.6 Å². The quantitative estimate of drug-likeness (QED) is 0.564. The highest BCUT2D eigenvalue weighted by atomic mass is 35.5. The van der Waals surface area contributed by atoms with E-state index in [2.05, 4.69) is 10.2 Å². The van der Waals surface area contributed by atoms with Crippen LogP contribution in [-0.2, 0) is 14.4 Å². The molecule has 0 aromatic heterocycles. The Morgan fingerprint density at radius 1 is 1.38 bits per heavy atom. The summed E-state index contributed by atoms with van der Waals surface area (Å²) in [7, 11) is 0. The number of carbonyl (C=O) groups excluding carboxylic acids is 2. The number of hydrogen-bond donors (Lipinski definition) is 2. The Hall–Kier alpha value is -1.79. The minimum atomic E-state index is -0.747. The lowest BCUT2D eigenvalue weighted by atomic mass is 10.1. The molecular formula is C14H20ClN3O3. The van der Waals surface area contributed by atoms with Crippen LogP contribution in [0.5, 0.6) is 0 Å². The van der Waals surface area contributed by atoms with Crippen molar-refractivity contribution >= 4 is 29.3 Å². The van der Waals surface area contributed by atoms with Crippen molar-refractivity contribution in [3.05, 3.63) is 30.3 Å². The maximum absolute atomic E-state index is 11.9. The summed E-state index contributed by atoms with van der Waals surface area (Å²) in [5, 5.41) is 2.58. The molecular weight excluding hydrogens is 294 g/mol. The molecule has 0 saturated carbocycles. The fraction of sp³-hybridized carbons (Fsp3) is 0.429. The molecule has 116 valence electrons. The summed E-state index contributed by atoms with van der Waals surface area (Å²) in [6.45, 7) is 1.91. The second kappa shape index (κ2) is 9.20. The van der Waals surface area contributed by atoms with Crippen LogP contribution < -0.4 is 15.6 Å². The van der Waals surface area contributed by atoms with Gasteiger partial charge in [-0.25, -0.2) is 4.79 Å². The van der Waals surface area contributed by atoms with Crippen LogP contribution in [-0.4, -0.2) is 24.5 Å². The lowest BCUT2D eigenvalue weighted by molar-refractivity contribution is -0.148. The number of benzene rings is 1. The van der Waals surface area contributed by atoms with Crippen molar-refractivity contribution in [2.75, 3.05) is 11.0 Å². The number of nitrogens with one attached hydrogen (secondary N) is 1. The van der Waals surface area contributed by atoms with Crippen LogP contribution in [0.3, 0.4) is 0 Å². The number of carbonyl (C=O) groups is 2. The molecule has 0 bridgehead atoms. The van der Waals surface area contributed by atoms with Crippen LogP contribution >= 0.6 is 11.8 Å². The van der Waals surface area contributed by atoms with Crippen molar-refractivity contribution in [2.45, 2.75) is 32.2 Å². The third kappa shape index (κ3) is 6.01. The number of nitrogens with zero attached hydrogens (tertiary/aromatic N) is 1. The van der Waals surface area contributed by atoms with Gasteiger partial charge >= 0.3 is 5.97 Å². The molecule has 7 heteroatoms. The third-order valence-corrected chi connectivity index (χ3v) is 3.22. The van der Waals surface area contributed by atoms with Gasteiger partial charge in [-0.15, -0.1) is 0 Å². The standard InChI is InChI=1S/C14H20ClN3O3/c1-2-3-9-12(14(20)21-16)17-13(19)10-18(15)11-7-5-4-6-8-11/h4-8,12H,2-3,9-10,16H2,1H3,(H,17,19)/t12-/m0/s1. The monoisotopic (exact) mass is 313 g/mol. The van der Waals surface area contributed by atoms with Crippen LogP contribution in [0.25, 0.3) is 0 Å². The van der Waals surface area contributed by atoms with E-state index in [1.54, 1.807) is 12.1 Å². The summed E-state index contributed by atoms with van der Waals surface area (Å²) >= 11 is 6.03. The number of rotatable bonds is 8. The van der Waals surface area contributed by atoms with E-state index < -0.39 is 12.0 Å². The first-order chi connectivity index (χ1) is 10.1. The predicted molar refractivity (Wildman–Crippen MR) is 81.4 cm³/mol. The average molecular weight is 314 g/mol. The van der Waals surface area contributed by atoms with Crippen molar-refractivity contribution in [1.82, 2.24) is 5.32 Å². The first-order valence-electron chi connectivity index (χ1n) is 6.76. The molecule has 0 aliphatic carbocycles. The zero-order valence-corrected chi connectivity index (χ0v) is 12.7. The fourth-order valence-corrected chi connectivity index (χ4v) is 2.01. The van der Waals surface area contributed by atoms with Crippen molar-refractivity contribution in [3.8, 4) is 0 Å². The van der Waals surface area contributed by atoms with Gasteiger partial charge in [0.15, 0.2) is 0 Å². The van der Waals surface area contributed by atoms with E-state index in [-0.39, 0.29) is 12.5 Å². The fourth-order valence-electron chi connectivity index (χ4n) is 1.79. The molecule has 0 fully saturated rings. The van der Waals surface area contributed by atoms with Crippen LogP contribution in [0.4, 0.5) is 5.69 Å². The van der Waals surface area contributed by atoms with Gasteiger partial charge in [-0.1, -0.05) is 38.0 Å². The SMILES string of the molecule is CCCC[C@H](NC(=O)CN(Cl)c1ccccc1)C(=O)ON. The summed E-state index contributed by atoms with van der Waals surface area (Å²) < 4.78 is 1.28. The number of amides is 1. The second-order valence-electron chi connectivity index (χ2n) is 4.56. The van der Waals surface area contributed by atoms with Gasteiger partial charge in [0, 0.05) is 11.8 Å². The molecule has 0 aliphatic heterocycles. The minimum absolute atomic E-state index is 0.0773. The Morgan fingerprint density at radius 2 is 2.05 bits per heavy atom. The van der Waals surface area contributed by atoms with E-state index in [4.69, 9.17) is 17.7 Å². The molecule has 1 aromatic carbocycles. The molecule has 1 rings (SSSR count). The normalized spacial score (nSPS) is 11.6. The summed E-state index contributed by atoms with van der Waals surface area (Å²) in [4.78, 5) is 27.6. The highest BCUT2D eigenvalue weighted by Gasteiger charge is 2.22. The molecule has 0 heterocycles. The second-order valence-corrected chi connectivity index (χ2v) is 4.96. The molecule has 0 radical (unpaired) electrons. The first-order valence-corrected chi connectivity index (χ1v) is 7.10. The molecule has 1 amide bonds. The summed E-state index contributed by atoms with van der Waals surface area (Å²) in [6, 6.07) is 8.30. The largest absolute Gasteiger partial charge is 0.372 e. The molecule has 6 nitrogen and oxygen atoms in total. The van der Waals surface area contributed by atoms with Gasteiger partial charge in [0.05, 0.1) is 5.69 Å². The third-order valence-electron chi connectivity index (χ3n) is 2.90. The Kier molecular flexibility index (Phi) is 7.56. The molecule has 21 heavy (non-hydrogen) atoms. The number of halogens is 1. The molecule has 0 aliphatic rings. The lowest BCUT2D eigenvalue weighted by Crippen LogP contribution is -2.45. The van der Waals surface area contributed by atoms with Crippen molar-refractivity contribution in [1.29, 1.82) is 0 Å². The van der Waals surface area contributed by atoms with Gasteiger partial charge in [-0.2, -0.15) is 5.90 Å². The Labute approximate surface area is 129 Å². The van der Waals surface area contributed by atoms with Gasteiger partial charge < -0.3 is 10.2 Å². The maximum atomic E-state index is 11.9. The van der Waals surface area contributed by atoms with E-state index in [1.165, 1.54) is 4.42 Å². The summed E-state index contributed by atoms with van der Waals surface area (Å²) in [6.07, 6.45) is 2.16. The highest BCUT2D eigenvalue weighted by Crippen LogP contribution is 2.14. The Morgan fingerprint density at radius 3 is 2.62 bits per heavy atom. The van der Waals surface area contributed by atoms with E-state index >= 15 is 0 Å². The number of hydrogen-bond acceptors (Lipinski definition) is 5. The van der Waals surface area contributed by atoms with Crippen LogP contribution in [0, 0.1) is 0 Å². The zero-order valence-electron chi connectivity index (χ0n) is 11.9. The predicted octanol–water partition coefficient (Wildman–Crippen LogP) is 1.74. The van der Waals surface area contributed by atoms with Crippen molar-refractivity contribution in [3.63, 3.8) is 0 Å². The van der Waals surface area contributed by atoms with Crippen molar-refractivity contribution in [2.24, 2.45) is 5.90 Å². The van der Waals surface area contributed by atoms with Gasteiger partial charge in [-0.3, -0.25) is 9.21 Å². The minimum Gasteiger partial charge on any atom is -0.372 e. The Balaban J connectivity index is 2.55. The maximum Gasteiger partial charge on any atom is 0.347 e. The van der Waals surface area contributed by atoms with E-state index in [0.29, 0.717) is 12.1 Å². The average Bonchev–Trinajstić information content (AvgIpc) is 2.51. The lowest BCUT2D eigenvalue weighted by Gasteiger charge is -2.19. The highest BCUT2D eigenvalue weighted by molar-refractivity contribution is 6.27. The topological polar surface area (TPSA) is 84.7 Å². The number of unbranched alkanes of at least 4 members (excludes halogenated alkanes) is 1. The number of nitrogens with two attached hydrogens (primary N) is 1. The zero-order chi connectivity index (χ0) is 15.7. The van der Waals surface area contributed by atoms with E-state index in [0.717, 1.165) is 12.8 Å². The molecule has 0 spiro atoms. The molecule has 0 unspecified atom stereocenters. The molecule has 0 saturated heterocycles. The van der Waals surface area contributed by atoms with E-state index in [9.17, 15) is 9.59 Å². The van der Waals surface area contributed by atoms with Gasteiger partial charge in [0.2, 0.25) is 5.91 Å². The van der Waals surface area contributed by atoms with Crippen molar-refractivity contribution < 1.29 is 14.4 Å². The summed E-state index contributed by atoms with van der Waals surface area (Å²) in [5.74, 6) is 3.85.